The maximum Gasteiger partial charge on any atom is 0.321 e. The van der Waals surface area contributed by atoms with Crippen molar-refractivity contribution in [2.24, 2.45) is 5.41 Å². The summed E-state index contributed by atoms with van der Waals surface area (Å²) in [7, 11) is 0. The van der Waals surface area contributed by atoms with E-state index in [0.717, 1.165) is 0 Å². The van der Waals surface area contributed by atoms with Crippen LogP contribution in [-0.4, -0.2) is 28.4 Å². The van der Waals surface area contributed by atoms with E-state index >= 15 is 0 Å². The zero-order chi connectivity index (χ0) is 13.1. The standard InChI is InChI=1S/C12H23NO3/c1-11(2,3)9(14)7-8(10(15)16)13-12(4,5)6/h8,13H,7H2,1-6H3,(H,15,16)/t8-/m1/s1. The van der Waals surface area contributed by atoms with Gasteiger partial charge in [0.05, 0.1) is 0 Å². The highest BCUT2D eigenvalue weighted by Gasteiger charge is 2.30. The number of Topliss-reactive ketones (excluding diaryl/α,β-unsaturated/α-hetero) is 1. The summed E-state index contributed by atoms with van der Waals surface area (Å²) in [5.74, 6) is -1.02. The zero-order valence-corrected chi connectivity index (χ0v) is 11.0. The smallest absolute Gasteiger partial charge is 0.321 e. The predicted octanol–water partition coefficient (Wildman–Crippen LogP) is 1.83. The van der Waals surface area contributed by atoms with Crippen molar-refractivity contribution in [3.8, 4) is 0 Å². The fraction of sp³-hybridized carbons (Fsp3) is 0.833. The van der Waals surface area contributed by atoms with Crippen LogP contribution in [0.2, 0.25) is 0 Å². The average Bonchev–Trinajstić information content (AvgIpc) is 1.98. The minimum Gasteiger partial charge on any atom is -0.480 e. The van der Waals surface area contributed by atoms with Crippen molar-refractivity contribution in [2.45, 2.75) is 59.5 Å². The van der Waals surface area contributed by atoms with Gasteiger partial charge in [-0.1, -0.05) is 20.8 Å². The van der Waals surface area contributed by atoms with Crippen LogP contribution in [-0.2, 0) is 9.59 Å². The van der Waals surface area contributed by atoms with E-state index in [1.807, 2.05) is 20.8 Å². The van der Waals surface area contributed by atoms with Gasteiger partial charge in [0.2, 0.25) is 0 Å². The highest BCUT2D eigenvalue weighted by Crippen LogP contribution is 2.18. The van der Waals surface area contributed by atoms with Gasteiger partial charge in [0.15, 0.2) is 0 Å². The molecule has 0 aromatic heterocycles. The third kappa shape index (κ3) is 5.85. The lowest BCUT2D eigenvalue weighted by atomic mass is 9.86. The monoisotopic (exact) mass is 229 g/mol. The van der Waals surface area contributed by atoms with Crippen molar-refractivity contribution < 1.29 is 14.7 Å². The number of carboxylic acids is 1. The number of hydrogen-bond acceptors (Lipinski definition) is 3. The molecule has 0 bridgehead atoms. The first-order chi connectivity index (χ1) is 6.93. The second-order valence-electron chi connectivity index (χ2n) is 6.16. The number of carbonyl (C=O) groups excluding carboxylic acids is 1. The Morgan fingerprint density at radius 3 is 1.81 bits per heavy atom. The number of hydrogen-bond donors (Lipinski definition) is 2. The normalized spacial score (nSPS) is 14.6. The van der Waals surface area contributed by atoms with Gasteiger partial charge in [-0.3, -0.25) is 14.9 Å². The van der Waals surface area contributed by atoms with Gasteiger partial charge < -0.3 is 5.11 Å². The van der Waals surface area contributed by atoms with Crippen LogP contribution in [0, 0.1) is 5.41 Å². The van der Waals surface area contributed by atoms with Crippen molar-refractivity contribution in [3.63, 3.8) is 0 Å². The SMILES string of the molecule is CC(C)(C)N[C@H](CC(=O)C(C)(C)C)C(=O)O. The van der Waals surface area contributed by atoms with E-state index in [1.165, 1.54) is 0 Å². The zero-order valence-electron chi connectivity index (χ0n) is 11.0. The summed E-state index contributed by atoms with van der Waals surface area (Å²) >= 11 is 0. The lowest BCUT2D eigenvalue weighted by Crippen LogP contribution is -2.49. The molecule has 0 aliphatic heterocycles. The Balaban J connectivity index is 4.60. The molecule has 0 aliphatic rings. The van der Waals surface area contributed by atoms with Gasteiger partial charge in [0, 0.05) is 17.4 Å². The Bertz CT molecular complexity index is 271. The molecule has 0 rings (SSSR count). The Labute approximate surface area is 97.4 Å². The van der Waals surface area contributed by atoms with Gasteiger partial charge in [0.25, 0.3) is 0 Å². The van der Waals surface area contributed by atoms with E-state index in [1.54, 1.807) is 20.8 Å². The minimum atomic E-state index is -0.979. The van der Waals surface area contributed by atoms with E-state index in [2.05, 4.69) is 5.32 Å². The molecule has 0 heterocycles. The van der Waals surface area contributed by atoms with Gasteiger partial charge in [-0.2, -0.15) is 0 Å². The molecular formula is C12H23NO3. The number of nitrogens with one attached hydrogen (secondary N) is 1. The summed E-state index contributed by atoms with van der Waals surface area (Å²) < 4.78 is 0. The lowest BCUT2D eigenvalue weighted by Gasteiger charge is -2.27. The number of rotatable bonds is 4. The molecule has 0 amide bonds. The number of carbonyl (C=O) groups is 2. The maximum atomic E-state index is 11.8. The molecule has 16 heavy (non-hydrogen) atoms. The first-order valence-electron chi connectivity index (χ1n) is 5.47. The van der Waals surface area contributed by atoms with Crippen LogP contribution in [0.1, 0.15) is 48.0 Å². The molecule has 4 nitrogen and oxygen atoms in total. The van der Waals surface area contributed by atoms with Crippen LogP contribution in [0.25, 0.3) is 0 Å². The van der Waals surface area contributed by atoms with Gasteiger partial charge >= 0.3 is 5.97 Å². The van der Waals surface area contributed by atoms with Crippen molar-refractivity contribution in [2.75, 3.05) is 0 Å². The summed E-state index contributed by atoms with van der Waals surface area (Å²) in [6.07, 6.45) is 0.0239. The molecule has 0 aromatic carbocycles. The Morgan fingerprint density at radius 1 is 1.12 bits per heavy atom. The second kappa shape index (κ2) is 4.95. The Hall–Kier alpha value is -0.900. The third-order valence-electron chi connectivity index (χ3n) is 2.13. The van der Waals surface area contributed by atoms with Crippen LogP contribution >= 0.6 is 0 Å². The molecule has 0 radical (unpaired) electrons. The van der Waals surface area contributed by atoms with Crippen molar-refractivity contribution >= 4 is 11.8 Å². The molecular weight excluding hydrogens is 206 g/mol. The molecule has 0 aromatic rings. The van der Waals surface area contributed by atoms with E-state index in [4.69, 9.17) is 5.11 Å². The van der Waals surface area contributed by atoms with Crippen LogP contribution in [0.15, 0.2) is 0 Å². The molecule has 4 heteroatoms. The molecule has 0 spiro atoms. The number of ketones is 1. The first kappa shape index (κ1) is 15.1. The van der Waals surface area contributed by atoms with E-state index in [0.29, 0.717) is 0 Å². The van der Waals surface area contributed by atoms with Crippen LogP contribution in [0.4, 0.5) is 0 Å². The van der Waals surface area contributed by atoms with Gasteiger partial charge in [-0.25, -0.2) is 0 Å². The topological polar surface area (TPSA) is 66.4 Å². The average molecular weight is 229 g/mol. The van der Waals surface area contributed by atoms with E-state index in [-0.39, 0.29) is 17.7 Å². The molecule has 1 atom stereocenters. The van der Waals surface area contributed by atoms with Crippen LogP contribution < -0.4 is 5.32 Å². The predicted molar refractivity (Wildman–Crippen MR) is 63.4 cm³/mol. The molecule has 0 unspecified atom stereocenters. The molecule has 0 saturated carbocycles. The summed E-state index contributed by atoms with van der Waals surface area (Å²) in [6.45, 7) is 11.0. The number of carboxylic acid groups (broad SMARTS) is 1. The van der Waals surface area contributed by atoms with Crippen molar-refractivity contribution in [3.05, 3.63) is 0 Å². The highest BCUT2D eigenvalue weighted by molar-refractivity contribution is 5.89. The minimum absolute atomic E-state index is 0.0239. The van der Waals surface area contributed by atoms with E-state index in [9.17, 15) is 9.59 Å². The summed E-state index contributed by atoms with van der Waals surface area (Å²) in [6, 6.07) is -0.813. The molecule has 0 aliphatic carbocycles. The van der Waals surface area contributed by atoms with Gasteiger partial charge in [-0.05, 0) is 20.8 Å². The highest BCUT2D eigenvalue weighted by atomic mass is 16.4. The summed E-state index contributed by atoms with van der Waals surface area (Å²) in [5.41, 5.74) is -0.811. The van der Waals surface area contributed by atoms with Gasteiger partial charge in [0.1, 0.15) is 11.8 Å². The quantitative estimate of drug-likeness (QED) is 0.772. The molecule has 94 valence electrons. The Kier molecular flexibility index (Phi) is 4.68. The fourth-order valence-corrected chi connectivity index (χ4v) is 1.21. The third-order valence-corrected chi connectivity index (χ3v) is 2.13. The van der Waals surface area contributed by atoms with E-state index < -0.39 is 17.4 Å². The fourth-order valence-electron chi connectivity index (χ4n) is 1.21. The molecule has 2 N–H and O–H groups in total. The number of aliphatic carboxylic acids is 1. The summed E-state index contributed by atoms with van der Waals surface area (Å²) in [5, 5.41) is 12.0. The maximum absolute atomic E-state index is 11.8. The van der Waals surface area contributed by atoms with Crippen LogP contribution in [0.5, 0.6) is 0 Å². The van der Waals surface area contributed by atoms with Crippen molar-refractivity contribution in [1.29, 1.82) is 0 Å². The van der Waals surface area contributed by atoms with Crippen molar-refractivity contribution in [1.82, 2.24) is 5.32 Å². The lowest BCUT2D eigenvalue weighted by molar-refractivity contribution is -0.142. The largest absolute Gasteiger partial charge is 0.480 e. The summed E-state index contributed by atoms with van der Waals surface area (Å²) in [4.78, 5) is 22.8. The Morgan fingerprint density at radius 2 is 1.56 bits per heavy atom. The first-order valence-corrected chi connectivity index (χ1v) is 5.47. The molecule has 0 saturated heterocycles. The van der Waals surface area contributed by atoms with Crippen LogP contribution in [0.3, 0.4) is 0 Å². The molecule has 0 fully saturated rings. The van der Waals surface area contributed by atoms with Gasteiger partial charge in [-0.15, -0.1) is 0 Å². The second-order valence-corrected chi connectivity index (χ2v) is 6.16.